The van der Waals surface area contributed by atoms with Crippen LogP contribution in [0.5, 0.6) is 0 Å². The van der Waals surface area contributed by atoms with E-state index in [1.807, 2.05) is 6.07 Å². The molecule has 1 aromatic heterocycles. The molecule has 3 nitrogen and oxygen atoms in total. The van der Waals surface area contributed by atoms with Gasteiger partial charge in [0.2, 0.25) is 0 Å². The number of nitrogens with zero attached hydrogens (tertiary/aromatic N) is 1. The summed E-state index contributed by atoms with van der Waals surface area (Å²) < 4.78 is 14.9. The highest BCUT2D eigenvalue weighted by Gasteiger charge is 2.12. The topological polar surface area (TPSA) is 34.0 Å². The normalized spacial score (nSPS) is 19.4. The van der Waals surface area contributed by atoms with Crippen LogP contribution in [0.3, 0.4) is 0 Å². The number of aryl methyl sites for hydroxylation is 1. The van der Waals surface area contributed by atoms with Crippen molar-refractivity contribution in [3.63, 3.8) is 0 Å². The Hall–Kier alpha value is -1.68. The third-order valence-electron chi connectivity index (χ3n) is 4.07. The van der Waals surface area contributed by atoms with Crippen molar-refractivity contribution in [2.45, 2.75) is 38.3 Å². The third-order valence-corrected chi connectivity index (χ3v) is 4.07. The monoisotopic (exact) mass is 274 g/mol. The molecule has 1 N–H and O–H groups in total. The van der Waals surface area contributed by atoms with Gasteiger partial charge in [-0.1, -0.05) is 6.42 Å². The summed E-state index contributed by atoms with van der Waals surface area (Å²) in [4.78, 5) is 12.3. The molecule has 0 bridgehead atoms. The van der Waals surface area contributed by atoms with Gasteiger partial charge in [0.05, 0.1) is 0 Å². The van der Waals surface area contributed by atoms with Gasteiger partial charge in [-0.15, -0.1) is 0 Å². The third kappa shape index (κ3) is 2.75. The largest absolute Gasteiger partial charge is 0.315 e. The number of fused-ring (bicyclic) bond motifs is 1. The zero-order chi connectivity index (χ0) is 13.9. The molecule has 20 heavy (non-hydrogen) atoms. The summed E-state index contributed by atoms with van der Waals surface area (Å²) in [5.41, 5.74) is -0.0293. The Morgan fingerprint density at radius 1 is 1.30 bits per heavy atom. The fourth-order valence-electron chi connectivity index (χ4n) is 2.90. The van der Waals surface area contributed by atoms with Gasteiger partial charge in [0.15, 0.2) is 0 Å². The van der Waals surface area contributed by atoms with Crippen molar-refractivity contribution in [1.82, 2.24) is 9.88 Å². The van der Waals surface area contributed by atoms with Crippen molar-refractivity contribution >= 4 is 10.8 Å². The molecule has 0 saturated carbocycles. The highest BCUT2D eigenvalue weighted by atomic mass is 19.1. The molecule has 0 aliphatic carbocycles. The van der Waals surface area contributed by atoms with Crippen molar-refractivity contribution in [1.29, 1.82) is 0 Å². The minimum Gasteiger partial charge on any atom is -0.315 e. The first-order valence-electron chi connectivity index (χ1n) is 7.26. The second kappa shape index (κ2) is 5.75. The number of halogens is 1. The molecule has 0 amide bonds. The van der Waals surface area contributed by atoms with Crippen LogP contribution in [-0.2, 0) is 6.54 Å². The van der Waals surface area contributed by atoms with E-state index in [1.54, 1.807) is 16.8 Å². The lowest BCUT2D eigenvalue weighted by atomic mass is 10.0. The summed E-state index contributed by atoms with van der Waals surface area (Å²) in [6.07, 6.45) is 6.44. The Kier molecular flexibility index (Phi) is 3.83. The minimum absolute atomic E-state index is 0.0293. The second-order valence-corrected chi connectivity index (χ2v) is 5.48. The molecule has 3 rings (SSSR count). The van der Waals surface area contributed by atoms with E-state index in [9.17, 15) is 9.18 Å². The van der Waals surface area contributed by atoms with Crippen molar-refractivity contribution < 1.29 is 4.39 Å². The molecule has 1 fully saturated rings. The predicted octanol–water partition coefficient (Wildman–Crippen LogP) is 2.67. The standard InChI is InChI=1S/C16H19FN2O/c17-13-4-5-15-12(11-13)6-9-19(16(15)20)10-7-14-3-1-2-8-18-14/h4-6,9,11,14,18H,1-3,7-8,10H2. The van der Waals surface area contributed by atoms with Crippen molar-refractivity contribution in [2.24, 2.45) is 0 Å². The van der Waals surface area contributed by atoms with Crippen LogP contribution < -0.4 is 10.9 Å². The maximum atomic E-state index is 13.1. The molecule has 1 saturated heterocycles. The number of hydrogen-bond donors (Lipinski definition) is 1. The van der Waals surface area contributed by atoms with Crippen LogP contribution in [0.25, 0.3) is 10.8 Å². The maximum Gasteiger partial charge on any atom is 0.258 e. The van der Waals surface area contributed by atoms with Gasteiger partial charge in [-0.25, -0.2) is 4.39 Å². The first-order valence-corrected chi connectivity index (χ1v) is 7.26. The highest BCUT2D eigenvalue weighted by molar-refractivity contribution is 5.81. The van der Waals surface area contributed by atoms with Crippen LogP contribution in [0.4, 0.5) is 4.39 Å². The highest BCUT2D eigenvalue weighted by Crippen LogP contribution is 2.13. The van der Waals surface area contributed by atoms with E-state index in [0.29, 0.717) is 23.4 Å². The first-order chi connectivity index (χ1) is 9.74. The Morgan fingerprint density at radius 2 is 2.20 bits per heavy atom. The lowest BCUT2D eigenvalue weighted by Crippen LogP contribution is -2.35. The lowest BCUT2D eigenvalue weighted by molar-refractivity contribution is 0.365. The number of pyridine rings is 1. The average molecular weight is 274 g/mol. The Labute approximate surface area is 117 Å². The summed E-state index contributed by atoms with van der Waals surface area (Å²) in [6.45, 7) is 1.79. The summed E-state index contributed by atoms with van der Waals surface area (Å²) in [7, 11) is 0. The van der Waals surface area contributed by atoms with Crippen LogP contribution in [0, 0.1) is 5.82 Å². The lowest BCUT2D eigenvalue weighted by Gasteiger charge is -2.23. The van der Waals surface area contributed by atoms with Gasteiger partial charge in [0.25, 0.3) is 5.56 Å². The van der Waals surface area contributed by atoms with E-state index in [1.165, 1.54) is 31.4 Å². The van der Waals surface area contributed by atoms with E-state index in [2.05, 4.69) is 5.32 Å². The zero-order valence-electron chi connectivity index (χ0n) is 11.4. The van der Waals surface area contributed by atoms with E-state index in [4.69, 9.17) is 0 Å². The van der Waals surface area contributed by atoms with Gasteiger partial charge >= 0.3 is 0 Å². The van der Waals surface area contributed by atoms with Gasteiger partial charge < -0.3 is 9.88 Å². The molecule has 2 aromatic rings. The van der Waals surface area contributed by atoms with E-state index in [0.717, 1.165) is 13.0 Å². The Balaban J connectivity index is 1.79. The van der Waals surface area contributed by atoms with Crippen molar-refractivity contribution in [3.05, 3.63) is 46.6 Å². The molecule has 1 atom stereocenters. The second-order valence-electron chi connectivity index (χ2n) is 5.48. The van der Waals surface area contributed by atoms with Gasteiger partial charge in [-0.05, 0) is 55.5 Å². The molecule has 0 spiro atoms. The average Bonchev–Trinajstić information content (AvgIpc) is 2.47. The van der Waals surface area contributed by atoms with Crippen molar-refractivity contribution in [3.8, 4) is 0 Å². The summed E-state index contributed by atoms with van der Waals surface area (Å²) >= 11 is 0. The fourth-order valence-corrected chi connectivity index (χ4v) is 2.90. The van der Waals surface area contributed by atoms with Crippen LogP contribution >= 0.6 is 0 Å². The Bertz CT molecular complexity index is 659. The van der Waals surface area contributed by atoms with E-state index in [-0.39, 0.29) is 11.4 Å². The number of piperidine rings is 1. The molecule has 1 unspecified atom stereocenters. The van der Waals surface area contributed by atoms with Crippen LogP contribution in [-0.4, -0.2) is 17.2 Å². The molecule has 0 radical (unpaired) electrons. The molecule has 2 heterocycles. The number of aromatic nitrogens is 1. The molecular formula is C16H19FN2O. The number of hydrogen-bond acceptors (Lipinski definition) is 2. The maximum absolute atomic E-state index is 13.1. The van der Waals surface area contributed by atoms with Crippen LogP contribution in [0.1, 0.15) is 25.7 Å². The summed E-state index contributed by atoms with van der Waals surface area (Å²) in [5.74, 6) is -0.305. The predicted molar refractivity (Wildman–Crippen MR) is 78.4 cm³/mol. The number of nitrogens with one attached hydrogen (secondary N) is 1. The molecule has 1 aliphatic rings. The Morgan fingerprint density at radius 3 is 3.00 bits per heavy atom. The molecule has 4 heteroatoms. The van der Waals surface area contributed by atoms with Gasteiger partial charge in [-0.2, -0.15) is 0 Å². The smallest absolute Gasteiger partial charge is 0.258 e. The van der Waals surface area contributed by atoms with Gasteiger partial charge in [0.1, 0.15) is 5.82 Å². The van der Waals surface area contributed by atoms with Crippen LogP contribution in [0.15, 0.2) is 35.3 Å². The van der Waals surface area contributed by atoms with Crippen LogP contribution in [0.2, 0.25) is 0 Å². The van der Waals surface area contributed by atoms with Crippen molar-refractivity contribution in [2.75, 3.05) is 6.54 Å². The quantitative estimate of drug-likeness (QED) is 0.933. The first kappa shape index (κ1) is 13.3. The number of rotatable bonds is 3. The van der Waals surface area contributed by atoms with Gasteiger partial charge in [-0.3, -0.25) is 4.79 Å². The zero-order valence-corrected chi connectivity index (χ0v) is 11.4. The molecule has 106 valence electrons. The minimum atomic E-state index is -0.305. The number of benzene rings is 1. The van der Waals surface area contributed by atoms with E-state index < -0.39 is 0 Å². The van der Waals surface area contributed by atoms with E-state index >= 15 is 0 Å². The van der Waals surface area contributed by atoms with Gasteiger partial charge in [0, 0.05) is 24.2 Å². The fraction of sp³-hybridized carbons (Fsp3) is 0.438. The molecule has 1 aromatic carbocycles. The summed E-state index contributed by atoms with van der Waals surface area (Å²) in [5, 5.41) is 4.75. The molecule has 1 aliphatic heterocycles. The summed E-state index contributed by atoms with van der Waals surface area (Å²) in [6, 6.07) is 6.65. The molecular weight excluding hydrogens is 255 g/mol. The SMILES string of the molecule is O=c1c2ccc(F)cc2ccn1CCC1CCCCN1.